The molecule has 2 heterocycles. The predicted molar refractivity (Wildman–Crippen MR) is 134 cm³/mol. The Morgan fingerprint density at radius 1 is 1.23 bits per heavy atom. The molecule has 2 aromatic rings. The minimum Gasteiger partial charge on any atom is -0.373 e. The molecule has 1 aromatic heterocycles. The van der Waals surface area contributed by atoms with Gasteiger partial charge in [0.05, 0.1) is 30.5 Å². The van der Waals surface area contributed by atoms with E-state index < -0.39 is 0 Å². The maximum Gasteiger partial charge on any atom is 0.191 e. The van der Waals surface area contributed by atoms with Gasteiger partial charge in [0.2, 0.25) is 0 Å². The number of aromatic nitrogens is 1. The SMILES string of the molecule is CN=C(NCc1ccccn1)NCC(c1ccc(Cl)cc1)N1CCOC(C)(C)C1.I. The molecule has 0 radical (unpaired) electrons. The van der Waals surface area contributed by atoms with Gasteiger partial charge >= 0.3 is 0 Å². The van der Waals surface area contributed by atoms with Crippen LogP contribution in [-0.2, 0) is 11.3 Å². The van der Waals surface area contributed by atoms with Gasteiger partial charge in [-0.05, 0) is 43.7 Å². The van der Waals surface area contributed by atoms with E-state index in [9.17, 15) is 0 Å². The van der Waals surface area contributed by atoms with Crippen LogP contribution >= 0.6 is 35.6 Å². The van der Waals surface area contributed by atoms with Crippen LogP contribution in [0.3, 0.4) is 0 Å². The summed E-state index contributed by atoms with van der Waals surface area (Å²) in [4.78, 5) is 11.2. The Kier molecular flexibility index (Phi) is 9.80. The molecule has 2 N–H and O–H groups in total. The van der Waals surface area contributed by atoms with Crippen LogP contribution < -0.4 is 10.6 Å². The molecule has 8 heteroatoms. The van der Waals surface area contributed by atoms with Gasteiger partial charge in [0.25, 0.3) is 0 Å². The van der Waals surface area contributed by atoms with Gasteiger partial charge in [0, 0.05) is 37.9 Å². The third-order valence-corrected chi connectivity index (χ3v) is 5.25. The van der Waals surface area contributed by atoms with Gasteiger partial charge in [-0.15, -0.1) is 24.0 Å². The molecule has 1 aromatic carbocycles. The van der Waals surface area contributed by atoms with Crippen LogP contribution in [0.2, 0.25) is 5.02 Å². The number of hydrogen-bond donors (Lipinski definition) is 2. The number of morpholine rings is 1. The van der Waals surface area contributed by atoms with Gasteiger partial charge in [0.15, 0.2) is 5.96 Å². The second kappa shape index (κ2) is 11.8. The summed E-state index contributed by atoms with van der Waals surface area (Å²) < 4.78 is 5.91. The molecular weight excluding hydrogens is 513 g/mol. The van der Waals surface area contributed by atoms with E-state index in [2.05, 4.69) is 51.5 Å². The summed E-state index contributed by atoms with van der Waals surface area (Å²) in [7, 11) is 1.78. The number of hydrogen-bond acceptors (Lipinski definition) is 4. The first-order valence-electron chi connectivity index (χ1n) is 9.95. The van der Waals surface area contributed by atoms with Crippen molar-refractivity contribution in [1.82, 2.24) is 20.5 Å². The van der Waals surface area contributed by atoms with Gasteiger partial charge in [-0.3, -0.25) is 14.9 Å². The molecule has 0 spiro atoms. The first-order chi connectivity index (χ1) is 14.0. The largest absolute Gasteiger partial charge is 0.373 e. The maximum atomic E-state index is 6.11. The lowest BCUT2D eigenvalue weighted by atomic mass is 10.0. The molecule has 1 saturated heterocycles. The summed E-state index contributed by atoms with van der Waals surface area (Å²) in [6, 6.07) is 14.2. The van der Waals surface area contributed by atoms with Gasteiger partial charge in [-0.1, -0.05) is 29.8 Å². The van der Waals surface area contributed by atoms with E-state index in [4.69, 9.17) is 16.3 Å². The average molecular weight is 544 g/mol. The number of pyridine rings is 1. The van der Waals surface area contributed by atoms with Crippen molar-refractivity contribution in [3.63, 3.8) is 0 Å². The van der Waals surface area contributed by atoms with Crippen LogP contribution in [-0.4, -0.2) is 54.7 Å². The lowest BCUT2D eigenvalue weighted by Crippen LogP contribution is -2.52. The molecule has 1 aliphatic heterocycles. The third-order valence-electron chi connectivity index (χ3n) is 5.00. The minimum absolute atomic E-state index is 0. The lowest BCUT2D eigenvalue weighted by molar-refractivity contribution is -0.0971. The first-order valence-corrected chi connectivity index (χ1v) is 10.3. The first kappa shape index (κ1) is 24.8. The number of aliphatic imine (C=N–C) groups is 1. The Labute approximate surface area is 201 Å². The Bertz CT molecular complexity index is 801. The van der Waals surface area contributed by atoms with Crippen LogP contribution in [0.4, 0.5) is 0 Å². The van der Waals surface area contributed by atoms with E-state index >= 15 is 0 Å². The number of ether oxygens (including phenoxy) is 1. The summed E-state index contributed by atoms with van der Waals surface area (Å²) in [5.41, 5.74) is 2.03. The number of benzene rings is 1. The van der Waals surface area contributed by atoms with Crippen LogP contribution in [0, 0.1) is 0 Å². The summed E-state index contributed by atoms with van der Waals surface area (Å²) in [5.74, 6) is 0.752. The fourth-order valence-corrected chi connectivity index (χ4v) is 3.68. The highest BCUT2D eigenvalue weighted by molar-refractivity contribution is 14.0. The third kappa shape index (κ3) is 7.37. The number of rotatable bonds is 6. The maximum absolute atomic E-state index is 6.11. The van der Waals surface area contributed by atoms with Crippen molar-refractivity contribution in [2.45, 2.75) is 32.0 Å². The van der Waals surface area contributed by atoms with Crippen LogP contribution in [0.25, 0.3) is 0 Å². The van der Waals surface area contributed by atoms with Crippen molar-refractivity contribution < 1.29 is 4.74 Å². The molecular formula is C22H31ClIN5O. The van der Waals surface area contributed by atoms with E-state index in [1.165, 1.54) is 5.56 Å². The van der Waals surface area contributed by atoms with Gasteiger partial charge in [0.1, 0.15) is 0 Å². The fraction of sp³-hybridized carbons (Fsp3) is 0.455. The highest BCUT2D eigenvalue weighted by Gasteiger charge is 2.32. The van der Waals surface area contributed by atoms with E-state index in [0.717, 1.165) is 42.9 Å². The zero-order chi connectivity index (χ0) is 20.7. The van der Waals surface area contributed by atoms with E-state index in [1.54, 1.807) is 13.2 Å². The Hall–Kier alpha value is -1.42. The molecule has 0 aliphatic carbocycles. The van der Waals surface area contributed by atoms with Gasteiger partial charge in [-0.25, -0.2) is 0 Å². The molecule has 6 nitrogen and oxygen atoms in total. The molecule has 1 fully saturated rings. The monoisotopic (exact) mass is 543 g/mol. The van der Waals surface area contributed by atoms with Crippen molar-refractivity contribution in [1.29, 1.82) is 0 Å². The van der Waals surface area contributed by atoms with Crippen molar-refractivity contribution in [3.8, 4) is 0 Å². The quantitative estimate of drug-likeness (QED) is 0.329. The van der Waals surface area contributed by atoms with Gasteiger partial charge < -0.3 is 15.4 Å². The number of halogens is 2. The Morgan fingerprint density at radius 2 is 2.00 bits per heavy atom. The fourth-order valence-electron chi connectivity index (χ4n) is 3.55. The summed E-state index contributed by atoms with van der Waals surface area (Å²) >= 11 is 6.11. The normalized spacial score (nSPS) is 17.7. The molecule has 30 heavy (non-hydrogen) atoms. The smallest absolute Gasteiger partial charge is 0.191 e. The number of nitrogens with zero attached hydrogens (tertiary/aromatic N) is 3. The molecule has 164 valence electrons. The second-order valence-electron chi connectivity index (χ2n) is 7.77. The highest BCUT2D eigenvalue weighted by atomic mass is 127. The highest BCUT2D eigenvalue weighted by Crippen LogP contribution is 2.27. The molecule has 1 aliphatic rings. The standard InChI is InChI=1S/C22H30ClN5O.HI/c1-22(2)16-28(12-13-29-22)20(17-7-9-18(23)10-8-17)15-27-21(24-3)26-14-19-6-4-5-11-25-19;/h4-11,20H,12-16H2,1-3H3,(H2,24,26,27);1H. The van der Waals surface area contributed by atoms with Crippen molar-refractivity contribution >= 4 is 41.5 Å². The van der Waals surface area contributed by atoms with Crippen molar-refractivity contribution in [2.24, 2.45) is 4.99 Å². The van der Waals surface area contributed by atoms with Crippen LogP contribution in [0.1, 0.15) is 31.1 Å². The van der Waals surface area contributed by atoms with Crippen LogP contribution in [0.15, 0.2) is 53.7 Å². The van der Waals surface area contributed by atoms with E-state index in [-0.39, 0.29) is 35.6 Å². The summed E-state index contributed by atoms with van der Waals surface area (Å²) in [6.07, 6.45) is 1.80. The lowest BCUT2D eigenvalue weighted by Gasteiger charge is -2.42. The molecule has 0 saturated carbocycles. The Balaban J connectivity index is 0.00000320. The predicted octanol–water partition coefficient (Wildman–Crippen LogP) is 3.87. The zero-order valence-electron chi connectivity index (χ0n) is 17.8. The molecule has 0 bridgehead atoms. The van der Waals surface area contributed by atoms with Crippen LogP contribution in [0.5, 0.6) is 0 Å². The number of guanidine groups is 1. The summed E-state index contributed by atoms with van der Waals surface area (Å²) in [5, 5.41) is 7.55. The number of nitrogens with one attached hydrogen (secondary N) is 2. The summed E-state index contributed by atoms with van der Waals surface area (Å²) in [6.45, 7) is 8.10. The molecule has 0 amide bonds. The van der Waals surface area contributed by atoms with E-state index in [1.807, 2.05) is 30.3 Å². The van der Waals surface area contributed by atoms with Crippen molar-refractivity contribution in [3.05, 3.63) is 64.9 Å². The van der Waals surface area contributed by atoms with E-state index in [0.29, 0.717) is 6.54 Å². The Morgan fingerprint density at radius 3 is 2.63 bits per heavy atom. The molecule has 1 atom stereocenters. The average Bonchev–Trinajstić information content (AvgIpc) is 2.72. The van der Waals surface area contributed by atoms with Gasteiger partial charge in [-0.2, -0.15) is 0 Å². The van der Waals surface area contributed by atoms with Crippen molar-refractivity contribution in [2.75, 3.05) is 33.3 Å². The molecule has 3 rings (SSSR count). The topological polar surface area (TPSA) is 61.8 Å². The molecule has 1 unspecified atom stereocenters. The second-order valence-corrected chi connectivity index (χ2v) is 8.21. The minimum atomic E-state index is -0.165. The zero-order valence-corrected chi connectivity index (χ0v) is 20.9.